The molecule has 1 aromatic carbocycles. The number of aromatic nitrogens is 3. The van der Waals surface area contributed by atoms with E-state index >= 15 is 0 Å². The summed E-state index contributed by atoms with van der Waals surface area (Å²) in [4.78, 5) is 34.5. The predicted molar refractivity (Wildman–Crippen MR) is 120 cm³/mol. The number of rotatable bonds is 6. The molecule has 3 aromatic rings. The van der Waals surface area contributed by atoms with Crippen LogP contribution in [-0.4, -0.2) is 20.4 Å². The zero-order chi connectivity index (χ0) is 22.0. The third-order valence-electron chi connectivity index (χ3n) is 5.74. The van der Waals surface area contributed by atoms with Crippen LogP contribution in [0.1, 0.15) is 47.8 Å². The summed E-state index contributed by atoms with van der Waals surface area (Å²) in [7, 11) is 0. The minimum Gasteiger partial charge on any atom is -0.384 e. The molecular formula is C23H26N6O2. The highest BCUT2D eigenvalue weighted by atomic mass is 16.2. The van der Waals surface area contributed by atoms with E-state index in [1.807, 2.05) is 44.2 Å². The highest BCUT2D eigenvalue weighted by Gasteiger charge is 2.31. The molecule has 0 radical (unpaired) electrons. The van der Waals surface area contributed by atoms with Crippen molar-refractivity contribution in [1.82, 2.24) is 19.9 Å². The van der Waals surface area contributed by atoms with Gasteiger partial charge in [0.15, 0.2) is 5.82 Å². The zero-order valence-corrected chi connectivity index (χ0v) is 17.6. The van der Waals surface area contributed by atoms with Gasteiger partial charge >= 0.3 is 0 Å². The van der Waals surface area contributed by atoms with Crippen LogP contribution in [0.15, 0.2) is 53.6 Å². The Labute approximate surface area is 180 Å². The first-order valence-electron chi connectivity index (χ1n) is 10.3. The fourth-order valence-electron chi connectivity index (χ4n) is 3.86. The molecule has 0 saturated carbocycles. The number of nitrogens with zero attached hydrogens (tertiary/aromatic N) is 3. The lowest BCUT2D eigenvalue weighted by molar-refractivity contribution is -0.124. The number of hydrogen-bond acceptors (Lipinski definition) is 6. The lowest BCUT2D eigenvalue weighted by atomic mass is 10.1. The normalized spacial score (nSPS) is 15.9. The molecule has 8 heteroatoms. The number of nitrogens with two attached hydrogens (primary N) is 1. The van der Waals surface area contributed by atoms with Crippen molar-refractivity contribution in [3.63, 3.8) is 0 Å². The van der Waals surface area contributed by atoms with Gasteiger partial charge in [-0.1, -0.05) is 30.3 Å². The number of carbonyl (C=O) groups is 1. The molecule has 0 bridgehead atoms. The second-order valence-corrected chi connectivity index (χ2v) is 7.85. The molecule has 0 saturated heterocycles. The van der Waals surface area contributed by atoms with Crippen LogP contribution in [0.3, 0.4) is 0 Å². The highest BCUT2D eigenvalue weighted by Crippen LogP contribution is 2.25. The maximum Gasteiger partial charge on any atom is 0.294 e. The molecule has 0 spiro atoms. The molecule has 160 valence electrons. The van der Waals surface area contributed by atoms with E-state index in [1.165, 1.54) is 0 Å². The lowest BCUT2D eigenvalue weighted by Gasteiger charge is -2.19. The van der Waals surface area contributed by atoms with Gasteiger partial charge in [-0.2, -0.15) is 0 Å². The summed E-state index contributed by atoms with van der Waals surface area (Å²) in [6.07, 6.45) is 4.53. The van der Waals surface area contributed by atoms with Crippen LogP contribution in [0.25, 0.3) is 0 Å². The fraction of sp³-hybridized carbons (Fsp3) is 0.304. The molecule has 8 nitrogen and oxygen atoms in total. The lowest BCUT2D eigenvalue weighted by Crippen LogP contribution is -2.37. The molecule has 1 amide bonds. The zero-order valence-electron chi connectivity index (χ0n) is 17.6. The SMILES string of the molecule is Cc1ccccc1CNc1ncc2n(c1=O)[C@H](C(=O)N[C@H](C)c1ccc(N)nc1)CC2. The first-order valence-corrected chi connectivity index (χ1v) is 10.3. The summed E-state index contributed by atoms with van der Waals surface area (Å²) in [5, 5.41) is 6.13. The average molecular weight is 419 g/mol. The number of benzene rings is 1. The van der Waals surface area contributed by atoms with Crippen molar-refractivity contribution >= 4 is 17.5 Å². The summed E-state index contributed by atoms with van der Waals surface area (Å²) in [5.41, 5.74) is 9.21. The van der Waals surface area contributed by atoms with Crippen molar-refractivity contribution in [2.45, 2.75) is 45.3 Å². The predicted octanol–water partition coefficient (Wildman–Crippen LogP) is 2.51. The van der Waals surface area contributed by atoms with Crippen LogP contribution in [-0.2, 0) is 17.8 Å². The van der Waals surface area contributed by atoms with E-state index in [0.717, 1.165) is 22.4 Å². The molecule has 0 fully saturated rings. The van der Waals surface area contributed by atoms with Gasteiger partial charge < -0.3 is 16.4 Å². The summed E-state index contributed by atoms with van der Waals surface area (Å²) in [5.74, 6) is 0.487. The Bertz CT molecular complexity index is 1160. The van der Waals surface area contributed by atoms with E-state index in [4.69, 9.17) is 5.73 Å². The van der Waals surface area contributed by atoms with Gasteiger partial charge in [0, 0.05) is 24.6 Å². The summed E-state index contributed by atoms with van der Waals surface area (Å²) < 4.78 is 1.57. The number of hydrogen-bond donors (Lipinski definition) is 3. The van der Waals surface area contributed by atoms with Crippen molar-refractivity contribution in [2.24, 2.45) is 0 Å². The van der Waals surface area contributed by atoms with Crippen molar-refractivity contribution in [3.8, 4) is 0 Å². The Balaban J connectivity index is 1.51. The standard InChI is InChI=1S/C23H26N6O2/c1-14-5-3-4-6-16(14)11-26-21-23(31)29-18(13-27-21)8-9-19(29)22(30)28-15(2)17-7-10-20(24)25-12-17/h3-7,10,12-13,15,19H,8-9,11H2,1-2H3,(H2,24,25)(H,26,27)(H,28,30)/t15-,19+/m1/s1. The quantitative estimate of drug-likeness (QED) is 0.567. The van der Waals surface area contributed by atoms with Crippen LogP contribution in [0.5, 0.6) is 0 Å². The van der Waals surface area contributed by atoms with Crippen LogP contribution in [0, 0.1) is 6.92 Å². The van der Waals surface area contributed by atoms with Crippen LogP contribution in [0.4, 0.5) is 11.6 Å². The molecule has 1 aliphatic heterocycles. The number of carbonyl (C=O) groups excluding carboxylic acids is 1. The molecule has 1 aliphatic rings. The average Bonchev–Trinajstić information content (AvgIpc) is 3.20. The number of nitrogens with one attached hydrogen (secondary N) is 2. The Kier molecular flexibility index (Phi) is 5.70. The van der Waals surface area contributed by atoms with E-state index in [-0.39, 0.29) is 23.3 Å². The van der Waals surface area contributed by atoms with E-state index in [2.05, 4.69) is 20.6 Å². The molecule has 2 aromatic heterocycles. The van der Waals surface area contributed by atoms with Crippen molar-refractivity contribution < 1.29 is 4.79 Å². The van der Waals surface area contributed by atoms with Gasteiger partial charge in [-0.15, -0.1) is 0 Å². The molecule has 4 rings (SSSR count). The topological polar surface area (TPSA) is 115 Å². The van der Waals surface area contributed by atoms with Gasteiger partial charge in [-0.3, -0.25) is 14.2 Å². The number of pyridine rings is 1. The molecule has 31 heavy (non-hydrogen) atoms. The molecule has 0 aliphatic carbocycles. The van der Waals surface area contributed by atoms with Crippen molar-refractivity contribution in [2.75, 3.05) is 11.1 Å². The third-order valence-corrected chi connectivity index (χ3v) is 5.74. The smallest absolute Gasteiger partial charge is 0.294 e. The number of anilines is 2. The Hall–Kier alpha value is -3.68. The van der Waals surface area contributed by atoms with Crippen LogP contribution < -0.4 is 21.9 Å². The maximum atomic E-state index is 13.1. The van der Waals surface area contributed by atoms with Gasteiger partial charge in [0.05, 0.1) is 6.04 Å². The van der Waals surface area contributed by atoms with Gasteiger partial charge in [-0.25, -0.2) is 9.97 Å². The van der Waals surface area contributed by atoms with E-state index < -0.39 is 6.04 Å². The van der Waals surface area contributed by atoms with E-state index in [9.17, 15) is 9.59 Å². The molecular weight excluding hydrogens is 392 g/mol. The van der Waals surface area contributed by atoms with Gasteiger partial charge in [0.2, 0.25) is 5.91 Å². The molecule has 3 heterocycles. The summed E-state index contributed by atoms with van der Waals surface area (Å²) in [6, 6.07) is 10.7. The summed E-state index contributed by atoms with van der Waals surface area (Å²) >= 11 is 0. The summed E-state index contributed by atoms with van der Waals surface area (Å²) in [6.45, 7) is 4.40. The fourth-order valence-corrected chi connectivity index (χ4v) is 3.86. The molecule has 2 atom stereocenters. The van der Waals surface area contributed by atoms with Gasteiger partial charge in [0.25, 0.3) is 5.56 Å². The van der Waals surface area contributed by atoms with E-state index in [0.29, 0.717) is 25.2 Å². The second-order valence-electron chi connectivity index (χ2n) is 7.85. The largest absolute Gasteiger partial charge is 0.384 e. The Morgan fingerprint density at radius 2 is 2.03 bits per heavy atom. The maximum absolute atomic E-state index is 13.1. The first kappa shape index (κ1) is 20.6. The van der Waals surface area contributed by atoms with Gasteiger partial charge in [0.1, 0.15) is 11.9 Å². The van der Waals surface area contributed by atoms with Crippen LogP contribution in [0.2, 0.25) is 0 Å². The monoisotopic (exact) mass is 418 g/mol. The van der Waals surface area contributed by atoms with Crippen molar-refractivity contribution in [1.29, 1.82) is 0 Å². The number of fused-ring (bicyclic) bond motifs is 1. The second kappa shape index (κ2) is 8.59. The number of amides is 1. The highest BCUT2D eigenvalue weighted by molar-refractivity contribution is 5.81. The van der Waals surface area contributed by atoms with Gasteiger partial charge in [-0.05, 0) is 49.4 Å². The minimum atomic E-state index is -0.561. The Morgan fingerprint density at radius 3 is 2.77 bits per heavy atom. The first-order chi connectivity index (χ1) is 14.9. The van der Waals surface area contributed by atoms with E-state index in [1.54, 1.807) is 23.0 Å². The van der Waals surface area contributed by atoms with Crippen LogP contribution >= 0.6 is 0 Å². The number of nitrogen functional groups attached to an aromatic ring is 1. The molecule has 0 unspecified atom stereocenters. The van der Waals surface area contributed by atoms with Crippen molar-refractivity contribution in [3.05, 3.63) is 81.5 Å². The number of aryl methyl sites for hydroxylation is 2. The third kappa shape index (κ3) is 4.28. The minimum absolute atomic E-state index is 0.193. The Morgan fingerprint density at radius 1 is 1.23 bits per heavy atom. The molecule has 4 N–H and O–H groups in total.